The van der Waals surface area contributed by atoms with Gasteiger partial charge in [0.15, 0.2) is 5.82 Å². The second-order valence-corrected chi connectivity index (χ2v) is 6.42. The van der Waals surface area contributed by atoms with Crippen LogP contribution in [0.5, 0.6) is 0 Å². The van der Waals surface area contributed by atoms with Crippen molar-refractivity contribution in [3.05, 3.63) is 15.1 Å². The Labute approximate surface area is 126 Å². The fourth-order valence-corrected chi connectivity index (χ4v) is 2.99. The second kappa shape index (κ2) is 6.91. The number of anilines is 1. The van der Waals surface area contributed by atoms with E-state index in [1.54, 1.807) is 0 Å². The lowest BCUT2D eigenvalue weighted by atomic mass is 10.3. The highest BCUT2D eigenvalue weighted by atomic mass is 127. The van der Waals surface area contributed by atoms with Crippen LogP contribution in [0.4, 0.5) is 5.82 Å². The fourth-order valence-electron chi connectivity index (χ4n) is 1.72. The lowest BCUT2D eigenvalue weighted by Gasteiger charge is -2.22. The van der Waals surface area contributed by atoms with E-state index in [-0.39, 0.29) is 6.10 Å². The number of thioether (sulfide) groups is 1. The van der Waals surface area contributed by atoms with Crippen LogP contribution in [0.2, 0.25) is 0 Å². The van der Waals surface area contributed by atoms with Crippen molar-refractivity contribution in [1.29, 1.82) is 0 Å². The SMILES string of the molecule is CCCNc1nc(C2CSCCO2)nc(C)c1I. The topological polar surface area (TPSA) is 47.0 Å². The first-order chi connectivity index (χ1) is 8.72. The van der Waals surface area contributed by atoms with E-state index in [4.69, 9.17) is 4.74 Å². The molecule has 1 fully saturated rings. The number of halogens is 1. The molecule has 0 radical (unpaired) electrons. The van der Waals surface area contributed by atoms with Crippen molar-refractivity contribution in [2.24, 2.45) is 0 Å². The highest BCUT2D eigenvalue weighted by molar-refractivity contribution is 14.1. The predicted molar refractivity (Wildman–Crippen MR) is 84.3 cm³/mol. The summed E-state index contributed by atoms with van der Waals surface area (Å²) in [5.41, 5.74) is 1.03. The van der Waals surface area contributed by atoms with Gasteiger partial charge in [-0.2, -0.15) is 11.8 Å². The van der Waals surface area contributed by atoms with E-state index in [0.717, 1.165) is 52.0 Å². The molecule has 0 saturated carbocycles. The Kier molecular flexibility index (Phi) is 5.50. The summed E-state index contributed by atoms with van der Waals surface area (Å²) in [6.07, 6.45) is 1.13. The standard InChI is InChI=1S/C12H18IN3OS/c1-3-4-14-12-10(13)8(2)15-11(16-12)9-7-18-6-5-17-9/h9H,3-7H2,1-2H3,(H,14,15,16). The number of nitrogens with zero attached hydrogens (tertiary/aromatic N) is 2. The quantitative estimate of drug-likeness (QED) is 0.815. The van der Waals surface area contributed by atoms with Crippen LogP contribution in [-0.2, 0) is 4.74 Å². The van der Waals surface area contributed by atoms with Crippen LogP contribution < -0.4 is 5.32 Å². The van der Waals surface area contributed by atoms with E-state index in [2.05, 4.69) is 44.8 Å². The Balaban J connectivity index is 2.22. The lowest BCUT2D eigenvalue weighted by molar-refractivity contribution is 0.0694. The number of aromatic nitrogens is 2. The van der Waals surface area contributed by atoms with Gasteiger partial charge in [-0.15, -0.1) is 0 Å². The third-order valence-corrected chi connectivity index (χ3v) is 4.97. The van der Waals surface area contributed by atoms with Crippen LogP contribution in [-0.4, -0.2) is 34.6 Å². The third kappa shape index (κ3) is 3.48. The largest absolute Gasteiger partial charge is 0.369 e. The first-order valence-corrected chi connectivity index (χ1v) is 8.43. The molecule has 0 aromatic carbocycles. The maximum Gasteiger partial charge on any atom is 0.160 e. The minimum absolute atomic E-state index is 0.0432. The summed E-state index contributed by atoms with van der Waals surface area (Å²) in [4.78, 5) is 9.19. The minimum Gasteiger partial charge on any atom is -0.369 e. The Hall–Kier alpha value is -0.0800. The van der Waals surface area contributed by atoms with Gasteiger partial charge in [-0.3, -0.25) is 0 Å². The van der Waals surface area contributed by atoms with Gasteiger partial charge in [0.05, 0.1) is 15.9 Å². The van der Waals surface area contributed by atoms with Crippen molar-refractivity contribution >= 4 is 40.2 Å². The molecule has 1 saturated heterocycles. The molecular formula is C12H18IN3OS. The molecule has 1 aliphatic rings. The van der Waals surface area contributed by atoms with E-state index >= 15 is 0 Å². The Morgan fingerprint density at radius 1 is 1.50 bits per heavy atom. The molecular weight excluding hydrogens is 361 g/mol. The van der Waals surface area contributed by atoms with Gasteiger partial charge in [-0.25, -0.2) is 9.97 Å². The number of aryl methyl sites for hydroxylation is 1. The smallest absolute Gasteiger partial charge is 0.160 e. The molecule has 18 heavy (non-hydrogen) atoms. The normalized spacial score (nSPS) is 19.8. The maximum atomic E-state index is 5.74. The van der Waals surface area contributed by atoms with Crippen molar-refractivity contribution in [3.8, 4) is 0 Å². The average molecular weight is 379 g/mol. The van der Waals surface area contributed by atoms with E-state index < -0.39 is 0 Å². The molecule has 2 rings (SSSR count). The van der Waals surface area contributed by atoms with Crippen LogP contribution in [0.1, 0.15) is 31.0 Å². The van der Waals surface area contributed by atoms with Gasteiger partial charge in [0.1, 0.15) is 11.9 Å². The van der Waals surface area contributed by atoms with Crippen molar-refractivity contribution in [2.45, 2.75) is 26.4 Å². The van der Waals surface area contributed by atoms with Crippen molar-refractivity contribution in [2.75, 3.05) is 30.0 Å². The maximum absolute atomic E-state index is 5.74. The van der Waals surface area contributed by atoms with E-state index in [1.165, 1.54) is 0 Å². The molecule has 2 heterocycles. The molecule has 4 nitrogen and oxygen atoms in total. The predicted octanol–water partition coefficient (Wildman–Crippen LogP) is 3.02. The molecule has 6 heteroatoms. The zero-order valence-electron chi connectivity index (χ0n) is 10.7. The molecule has 100 valence electrons. The number of rotatable bonds is 4. The van der Waals surface area contributed by atoms with Crippen LogP contribution >= 0.6 is 34.4 Å². The summed E-state index contributed by atoms with van der Waals surface area (Å²) in [7, 11) is 0. The summed E-state index contributed by atoms with van der Waals surface area (Å²) in [6, 6.07) is 0. The molecule has 1 unspecified atom stereocenters. The number of ether oxygens (including phenoxy) is 1. The lowest BCUT2D eigenvalue weighted by Crippen LogP contribution is -2.20. The molecule has 1 aromatic heterocycles. The Morgan fingerprint density at radius 2 is 2.33 bits per heavy atom. The Morgan fingerprint density at radius 3 is 3.00 bits per heavy atom. The van der Waals surface area contributed by atoms with E-state index in [1.807, 2.05) is 18.7 Å². The van der Waals surface area contributed by atoms with Crippen LogP contribution in [0.25, 0.3) is 0 Å². The van der Waals surface area contributed by atoms with Gasteiger partial charge in [0, 0.05) is 18.1 Å². The molecule has 1 atom stereocenters. The highest BCUT2D eigenvalue weighted by Gasteiger charge is 2.21. The van der Waals surface area contributed by atoms with Crippen LogP contribution in [0.3, 0.4) is 0 Å². The molecule has 1 aliphatic heterocycles. The zero-order chi connectivity index (χ0) is 13.0. The summed E-state index contributed by atoms with van der Waals surface area (Å²) in [5.74, 6) is 3.78. The van der Waals surface area contributed by atoms with Crippen molar-refractivity contribution < 1.29 is 4.74 Å². The zero-order valence-corrected chi connectivity index (χ0v) is 13.7. The molecule has 1 N–H and O–H groups in total. The summed E-state index contributed by atoms with van der Waals surface area (Å²) >= 11 is 4.20. The first kappa shape index (κ1) is 14.3. The summed E-state index contributed by atoms with van der Waals surface area (Å²) in [5, 5.41) is 3.36. The van der Waals surface area contributed by atoms with Gasteiger partial charge in [-0.1, -0.05) is 6.92 Å². The fraction of sp³-hybridized carbons (Fsp3) is 0.667. The average Bonchev–Trinajstić information content (AvgIpc) is 2.41. The van der Waals surface area contributed by atoms with E-state index in [0.29, 0.717) is 0 Å². The first-order valence-electron chi connectivity index (χ1n) is 6.19. The third-order valence-electron chi connectivity index (χ3n) is 2.68. The Bertz CT molecular complexity index is 411. The van der Waals surface area contributed by atoms with Gasteiger partial charge in [0.2, 0.25) is 0 Å². The van der Waals surface area contributed by atoms with Crippen molar-refractivity contribution in [3.63, 3.8) is 0 Å². The molecule has 0 bridgehead atoms. The molecule has 1 aromatic rings. The molecule has 0 amide bonds. The van der Waals surface area contributed by atoms with E-state index in [9.17, 15) is 0 Å². The summed E-state index contributed by atoms with van der Waals surface area (Å²) < 4.78 is 6.85. The minimum atomic E-state index is 0.0432. The number of nitrogens with one attached hydrogen (secondary N) is 1. The van der Waals surface area contributed by atoms with Gasteiger partial charge in [-0.05, 0) is 35.9 Å². The van der Waals surface area contributed by atoms with Gasteiger partial charge in [0.25, 0.3) is 0 Å². The van der Waals surface area contributed by atoms with Gasteiger partial charge < -0.3 is 10.1 Å². The van der Waals surface area contributed by atoms with Crippen molar-refractivity contribution in [1.82, 2.24) is 9.97 Å². The van der Waals surface area contributed by atoms with Crippen LogP contribution in [0.15, 0.2) is 0 Å². The number of hydrogen-bond donors (Lipinski definition) is 1. The highest BCUT2D eigenvalue weighted by Crippen LogP contribution is 2.27. The molecule has 0 aliphatic carbocycles. The summed E-state index contributed by atoms with van der Waals surface area (Å²) in [6.45, 7) is 5.91. The van der Waals surface area contributed by atoms with Gasteiger partial charge >= 0.3 is 0 Å². The number of hydrogen-bond acceptors (Lipinski definition) is 5. The molecule has 0 spiro atoms. The second-order valence-electron chi connectivity index (χ2n) is 4.19. The monoisotopic (exact) mass is 379 g/mol. The van der Waals surface area contributed by atoms with Crippen LogP contribution in [0, 0.1) is 10.5 Å².